The van der Waals surface area contributed by atoms with Crippen molar-refractivity contribution in [3.63, 3.8) is 0 Å². The van der Waals surface area contributed by atoms with E-state index in [-0.39, 0.29) is 18.1 Å². The maximum atomic E-state index is 11.5. The zero-order valence-electron chi connectivity index (χ0n) is 10.8. The number of carboxylic acids is 1. The molecule has 20 heavy (non-hydrogen) atoms. The number of carbonyl (C=O) groups is 2. The molecule has 1 amide bonds. The number of rotatable bonds is 4. The molecule has 0 spiro atoms. The van der Waals surface area contributed by atoms with Crippen LogP contribution in [0.4, 0.5) is 10.7 Å². The summed E-state index contributed by atoms with van der Waals surface area (Å²) in [6.45, 7) is 3.51. The number of benzene rings is 1. The van der Waals surface area contributed by atoms with Gasteiger partial charge in [0.25, 0.3) is 0 Å². The fourth-order valence-corrected chi connectivity index (χ4v) is 1.82. The van der Waals surface area contributed by atoms with Crippen molar-refractivity contribution in [1.29, 1.82) is 0 Å². The Morgan fingerprint density at radius 1 is 1.55 bits per heavy atom. The second-order valence-electron chi connectivity index (χ2n) is 3.99. The molecular weight excluding hydrogens is 262 g/mol. The van der Waals surface area contributed by atoms with Gasteiger partial charge in [-0.1, -0.05) is 18.7 Å². The molecule has 0 unspecified atom stereocenters. The SMILES string of the molecule is C=CCOC(=O)Nc1nc2cccc(C(=O)O)c2n1C. The van der Waals surface area contributed by atoms with Gasteiger partial charge in [0.1, 0.15) is 6.61 Å². The van der Waals surface area contributed by atoms with Gasteiger partial charge in [0.05, 0.1) is 16.6 Å². The average molecular weight is 275 g/mol. The van der Waals surface area contributed by atoms with Crippen molar-refractivity contribution in [3.05, 3.63) is 36.4 Å². The molecule has 0 bridgehead atoms. The Kier molecular flexibility index (Phi) is 3.69. The molecule has 2 rings (SSSR count). The largest absolute Gasteiger partial charge is 0.478 e. The summed E-state index contributed by atoms with van der Waals surface area (Å²) >= 11 is 0. The molecule has 0 saturated carbocycles. The summed E-state index contributed by atoms with van der Waals surface area (Å²) < 4.78 is 6.28. The summed E-state index contributed by atoms with van der Waals surface area (Å²) in [5.74, 6) is -0.845. The fraction of sp³-hybridized carbons (Fsp3) is 0.154. The number of hydrogen-bond acceptors (Lipinski definition) is 4. The Bertz CT molecular complexity index is 690. The van der Waals surface area contributed by atoms with E-state index in [1.54, 1.807) is 19.2 Å². The molecular formula is C13H13N3O4. The number of nitrogens with zero attached hydrogens (tertiary/aromatic N) is 2. The van der Waals surface area contributed by atoms with E-state index in [0.29, 0.717) is 11.0 Å². The summed E-state index contributed by atoms with van der Waals surface area (Å²) in [4.78, 5) is 26.8. The van der Waals surface area contributed by atoms with Crippen LogP contribution in [0.5, 0.6) is 0 Å². The molecule has 2 aromatic rings. The van der Waals surface area contributed by atoms with E-state index >= 15 is 0 Å². The molecule has 7 nitrogen and oxygen atoms in total. The van der Waals surface area contributed by atoms with Crippen LogP contribution in [0.15, 0.2) is 30.9 Å². The number of nitrogens with one attached hydrogen (secondary N) is 1. The molecule has 0 atom stereocenters. The highest BCUT2D eigenvalue weighted by atomic mass is 16.5. The molecule has 2 N–H and O–H groups in total. The van der Waals surface area contributed by atoms with Crippen molar-refractivity contribution < 1.29 is 19.4 Å². The molecule has 0 aliphatic heterocycles. The van der Waals surface area contributed by atoms with Crippen LogP contribution in [-0.4, -0.2) is 33.3 Å². The predicted molar refractivity (Wildman–Crippen MR) is 72.8 cm³/mol. The lowest BCUT2D eigenvalue weighted by atomic mass is 10.2. The standard InChI is InChI=1S/C13H13N3O4/c1-3-7-20-13(19)15-12-14-9-6-4-5-8(11(17)18)10(9)16(12)2/h3-6H,1,7H2,2H3,(H,17,18)(H,14,15,19). The molecule has 7 heteroatoms. The summed E-state index contributed by atoms with van der Waals surface area (Å²) in [5.41, 5.74) is 1.02. The van der Waals surface area contributed by atoms with Gasteiger partial charge in [-0.05, 0) is 12.1 Å². The maximum Gasteiger partial charge on any atom is 0.414 e. The Balaban J connectivity index is 2.39. The minimum absolute atomic E-state index is 0.0795. The van der Waals surface area contributed by atoms with Crippen LogP contribution >= 0.6 is 0 Å². The lowest BCUT2D eigenvalue weighted by molar-refractivity contribution is 0.0698. The molecule has 1 aromatic carbocycles. The predicted octanol–water partition coefficient (Wildman–Crippen LogP) is 2.01. The number of anilines is 1. The quantitative estimate of drug-likeness (QED) is 0.832. The van der Waals surface area contributed by atoms with E-state index in [9.17, 15) is 9.59 Å². The van der Waals surface area contributed by atoms with Crippen LogP contribution < -0.4 is 5.32 Å². The molecule has 0 aliphatic carbocycles. The van der Waals surface area contributed by atoms with E-state index in [1.165, 1.54) is 16.7 Å². The van der Waals surface area contributed by atoms with Crippen LogP contribution in [0.25, 0.3) is 11.0 Å². The second-order valence-corrected chi connectivity index (χ2v) is 3.99. The summed E-state index contributed by atoms with van der Waals surface area (Å²) in [5, 5.41) is 11.6. The molecule has 0 fully saturated rings. The van der Waals surface area contributed by atoms with Gasteiger partial charge < -0.3 is 14.4 Å². The van der Waals surface area contributed by atoms with E-state index in [0.717, 1.165) is 0 Å². The van der Waals surface area contributed by atoms with Crippen LogP contribution in [0.1, 0.15) is 10.4 Å². The minimum Gasteiger partial charge on any atom is -0.478 e. The molecule has 0 aliphatic rings. The highest BCUT2D eigenvalue weighted by Gasteiger charge is 2.16. The van der Waals surface area contributed by atoms with Crippen molar-refractivity contribution in [2.24, 2.45) is 7.05 Å². The topological polar surface area (TPSA) is 93.4 Å². The molecule has 104 valence electrons. The number of imidazole rings is 1. The first-order valence-corrected chi connectivity index (χ1v) is 5.78. The zero-order valence-corrected chi connectivity index (χ0v) is 10.8. The van der Waals surface area contributed by atoms with E-state index in [2.05, 4.69) is 16.9 Å². The molecule has 1 heterocycles. The Morgan fingerprint density at radius 3 is 2.95 bits per heavy atom. The summed E-state index contributed by atoms with van der Waals surface area (Å²) in [7, 11) is 1.62. The van der Waals surface area contributed by atoms with Crippen LogP contribution in [0.2, 0.25) is 0 Å². The van der Waals surface area contributed by atoms with E-state index in [4.69, 9.17) is 9.84 Å². The van der Waals surface area contributed by atoms with Gasteiger partial charge in [-0.3, -0.25) is 5.32 Å². The minimum atomic E-state index is -1.06. The Labute approximate surface area is 114 Å². The lowest BCUT2D eigenvalue weighted by Crippen LogP contribution is -2.16. The summed E-state index contributed by atoms with van der Waals surface area (Å²) in [6.07, 6.45) is 0.761. The number of aryl methyl sites for hydroxylation is 1. The van der Waals surface area contributed by atoms with Crippen LogP contribution in [0.3, 0.4) is 0 Å². The Morgan fingerprint density at radius 2 is 2.30 bits per heavy atom. The highest BCUT2D eigenvalue weighted by molar-refractivity contribution is 6.02. The average Bonchev–Trinajstić information content (AvgIpc) is 2.73. The first-order valence-electron chi connectivity index (χ1n) is 5.78. The number of carboxylic acid groups (broad SMARTS) is 1. The smallest absolute Gasteiger partial charge is 0.414 e. The first-order chi connectivity index (χ1) is 9.54. The van der Waals surface area contributed by atoms with Crippen LogP contribution in [-0.2, 0) is 11.8 Å². The number of aromatic carboxylic acids is 1. The van der Waals surface area contributed by atoms with Gasteiger partial charge in [0.2, 0.25) is 5.95 Å². The van der Waals surface area contributed by atoms with E-state index in [1.807, 2.05) is 0 Å². The fourth-order valence-electron chi connectivity index (χ4n) is 1.82. The second kappa shape index (κ2) is 5.43. The maximum absolute atomic E-state index is 11.5. The van der Waals surface area contributed by atoms with Crippen molar-refractivity contribution >= 4 is 29.0 Å². The third-order valence-corrected chi connectivity index (χ3v) is 2.67. The lowest BCUT2D eigenvalue weighted by Gasteiger charge is -2.05. The normalized spacial score (nSPS) is 10.2. The third kappa shape index (κ3) is 2.46. The number of para-hydroxylation sites is 1. The number of amides is 1. The van der Waals surface area contributed by atoms with Crippen molar-refractivity contribution in [2.45, 2.75) is 0 Å². The Hall–Kier alpha value is -2.83. The monoisotopic (exact) mass is 275 g/mol. The number of aromatic nitrogens is 2. The number of fused-ring (bicyclic) bond motifs is 1. The van der Waals surface area contributed by atoms with Gasteiger partial charge >= 0.3 is 12.1 Å². The zero-order chi connectivity index (χ0) is 14.7. The van der Waals surface area contributed by atoms with Gasteiger partial charge in [-0.15, -0.1) is 0 Å². The summed E-state index contributed by atoms with van der Waals surface area (Å²) in [6, 6.07) is 4.74. The van der Waals surface area contributed by atoms with Gasteiger partial charge in [-0.2, -0.15) is 0 Å². The van der Waals surface area contributed by atoms with Crippen molar-refractivity contribution in [2.75, 3.05) is 11.9 Å². The molecule has 0 radical (unpaired) electrons. The highest BCUT2D eigenvalue weighted by Crippen LogP contribution is 2.22. The number of hydrogen-bond donors (Lipinski definition) is 2. The third-order valence-electron chi connectivity index (χ3n) is 2.67. The van der Waals surface area contributed by atoms with Gasteiger partial charge in [0, 0.05) is 7.05 Å². The number of ether oxygens (including phenoxy) is 1. The van der Waals surface area contributed by atoms with Crippen molar-refractivity contribution in [3.8, 4) is 0 Å². The van der Waals surface area contributed by atoms with Gasteiger partial charge in [0.15, 0.2) is 0 Å². The molecule has 1 aromatic heterocycles. The molecule has 0 saturated heterocycles. The first kappa shape index (κ1) is 13.6. The van der Waals surface area contributed by atoms with E-state index < -0.39 is 12.1 Å². The number of carbonyl (C=O) groups excluding carboxylic acids is 1. The van der Waals surface area contributed by atoms with Crippen LogP contribution in [0, 0.1) is 0 Å². The van der Waals surface area contributed by atoms with Crippen molar-refractivity contribution in [1.82, 2.24) is 9.55 Å². The van der Waals surface area contributed by atoms with Gasteiger partial charge in [-0.25, -0.2) is 14.6 Å².